The molecule has 2 heteroatoms. The molecule has 108 valence electrons. The van der Waals surface area contributed by atoms with Gasteiger partial charge in [0.15, 0.2) is 0 Å². The summed E-state index contributed by atoms with van der Waals surface area (Å²) in [5.41, 5.74) is 2.62. The lowest BCUT2D eigenvalue weighted by atomic mass is 9.98. The summed E-state index contributed by atoms with van der Waals surface area (Å²) in [6.07, 6.45) is 5.03. The molecule has 0 saturated heterocycles. The van der Waals surface area contributed by atoms with Crippen LogP contribution >= 0.6 is 0 Å². The van der Waals surface area contributed by atoms with Gasteiger partial charge in [-0.1, -0.05) is 50.8 Å². The molecule has 1 aromatic carbocycles. The molecule has 0 aliphatic carbocycles. The molecule has 1 N–H and O–H groups in total. The van der Waals surface area contributed by atoms with E-state index < -0.39 is 0 Å². The highest BCUT2D eigenvalue weighted by molar-refractivity contribution is 5.39. The van der Waals surface area contributed by atoms with E-state index in [1.807, 2.05) is 6.92 Å². The lowest BCUT2D eigenvalue weighted by molar-refractivity contribution is 0.329. The van der Waals surface area contributed by atoms with Gasteiger partial charge in [-0.25, -0.2) is 0 Å². The third kappa shape index (κ3) is 5.23. The van der Waals surface area contributed by atoms with Crippen LogP contribution in [0.3, 0.4) is 0 Å². The van der Waals surface area contributed by atoms with E-state index in [-0.39, 0.29) is 0 Å². The zero-order valence-electron chi connectivity index (χ0n) is 13.0. The van der Waals surface area contributed by atoms with Crippen LogP contribution in [0.25, 0.3) is 0 Å². The van der Waals surface area contributed by atoms with E-state index in [2.05, 4.69) is 44.3 Å². The van der Waals surface area contributed by atoms with Gasteiger partial charge in [0.1, 0.15) is 5.75 Å². The van der Waals surface area contributed by atoms with Gasteiger partial charge in [-0.3, -0.25) is 0 Å². The largest absolute Gasteiger partial charge is 0.494 e. The molecule has 0 saturated carbocycles. The fourth-order valence-corrected chi connectivity index (χ4v) is 2.44. The summed E-state index contributed by atoms with van der Waals surface area (Å²) in [5.74, 6) is 1.04. The number of unbranched alkanes of at least 4 members (excludes halogenated alkanes) is 2. The predicted molar refractivity (Wildman–Crippen MR) is 82.9 cm³/mol. The Morgan fingerprint density at radius 1 is 1.16 bits per heavy atom. The first-order valence-corrected chi connectivity index (χ1v) is 7.69. The van der Waals surface area contributed by atoms with Crippen molar-refractivity contribution in [2.45, 2.75) is 59.4 Å². The summed E-state index contributed by atoms with van der Waals surface area (Å²) >= 11 is 0. The van der Waals surface area contributed by atoms with Gasteiger partial charge in [0, 0.05) is 11.6 Å². The van der Waals surface area contributed by atoms with Gasteiger partial charge in [-0.15, -0.1) is 0 Å². The molecule has 1 atom stereocenters. The van der Waals surface area contributed by atoms with Gasteiger partial charge in [0.2, 0.25) is 0 Å². The van der Waals surface area contributed by atoms with Crippen LogP contribution in [0.15, 0.2) is 18.2 Å². The first kappa shape index (κ1) is 16.0. The second-order valence-electron chi connectivity index (χ2n) is 5.08. The zero-order valence-corrected chi connectivity index (χ0v) is 13.0. The van der Waals surface area contributed by atoms with Gasteiger partial charge in [-0.2, -0.15) is 0 Å². The normalized spacial score (nSPS) is 12.4. The Hall–Kier alpha value is -1.02. The molecule has 0 spiro atoms. The van der Waals surface area contributed by atoms with Crippen molar-refractivity contribution < 1.29 is 4.74 Å². The fourth-order valence-electron chi connectivity index (χ4n) is 2.44. The lowest BCUT2D eigenvalue weighted by Crippen LogP contribution is -2.21. The number of aryl methyl sites for hydroxylation is 1. The Kier molecular flexibility index (Phi) is 7.57. The van der Waals surface area contributed by atoms with Crippen LogP contribution in [0, 0.1) is 6.92 Å². The van der Waals surface area contributed by atoms with E-state index in [1.165, 1.54) is 36.8 Å². The maximum absolute atomic E-state index is 5.79. The average Bonchev–Trinajstić information content (AvgIpc) is 2.40. The van der Waals surface area contributed by atoms with E-state index in [0.29, 0.717) is 6.04 Å². The number of hydrogen-bond donors (Lipinski definition) is 1. The minimum Gasteiger partial charge on any atom is -0.494 e. The third-order valence-corrected chi connectivity index (χ3v) is 3.39. The molecule has 1 rings (SSSR count). The number of rotatable bonds is 9. The Labute approximate surface area is 118 Å². The van der Waals surface area contributed by atoms with Crippen molar-refractivity contribution in [3.05, 3.63) is 29.3 Å². The molecule has 1 unspecified atom stereocenters. The molecular weight excluding hydrogens is 234 g/mol. The van der Waals surface area contributed by atoms with Crippen LogP contribution in [-0.4, -0.2) is 13.2 Å². The molecule has 0 heterocycles. The van der Waals surface area contributed by atoms with Crippen molar-refractivity contribution in [3.8, 4) is 5.75 Å². The van der Waals surface area contributed by atoms with Crippen molar-refractivity contribution in [1.29, 1.82) is 0 Å². The monoisotopic (exact) mass is 263 g/mol. The standard InChI is InChI=1S/C17H29NO/c1-5-8-9-10-16(18-6-2)15-13-14(4)11-12-17(15)19-7-3/h11-13,16,18H,5-10H2,1-4H3. The van der Waals surface area contributed by atoms with Crippen LogP contribution < -0.4 is 10.1 Å². The average molecular weight is 263 g/mol. The summed E-state index contributed by atoms with van der Waals surface area (Å²) in [7, 11) is 0. The van der Waals surface area contributed by atoms with Gasteiger partial charge in [-0.05, 0) is 32.9 Å². The van der Waals surface area contributed by atoms with Gasteiger partial charge >= 0.3 is 0 Å². The number of hydrogen-bond acceptors (Lipinski definition) is 2. The maximum Gasteiger partial charge on any atom is 0.124 e. The van der Waals surface area contributed by atoms with E-state index in [0.717, 1.165) is 18.9 Å². The van der Waals surface area contributed by atoms with E-state index in [4.69, 9.17) is 4.74 Å². The molecule has 0 aromatic heterocycles. The number of ether oxygens (including phenoxy) is 1. The minimum absolute atomic E-state index is 0.415. The summed E-state index contributed by atoms with van der Waals surface area (Å²) in [6, 6.07) is 6.92. The van der Waals surface area contributed by atoms with E-state index >= 15 is 0 Å². The van der Waals surface area contributed by atoms with Crippen molar-refractivity contribution in [3.63, 3.8) is 0 Å². The molecule has 0 aliphatic heterocycles. The highest BCUT2D eigenvalue weighted by atomic mass is 16.5. The first-order valence-electron chi connectivity index (χ1n) is 7.69. The molecule has 0 radical (unpaired) electrons. The Balaban J connectivity index is 2.88. The Morgan fingerprint density at radius 3 is 2.58 bits per heavy atom. The molecule has 0 fully saturated rings. The van der Waals surface area contributed by atoms with Crippen molar-refractivity contribution in [1.82, 2.24) is 5.32 Å². The van der Waals surface area contributed by atoms with E-state index in [9.17, 15) is 0 Å². The van der Waals surface area contributed by atoms with Gasteiger partial charge in [0.05, 0.1) is 6.61 Å². The summed E-state index contributed by atoms with van der Waals surface area (Å²) in [4.78, 5) is 0. The summed E-state index contributed by atoms with van der Waals surface area (Å²) < 4.78 is 5.79. The molecule has 1 aromatic rings. The van der Waals surface area contributed by atoms with Gasteiger partial charge in [0.25, 0.3) is 0 Å². The smallest absolute Gasteiger partial charge is 0.124 e. The maximum atomic E-state index is 5.79. The molecule has 0 bridgehead atoms. The zero-order chi connectivity index (χ0) is 14.1. The van der Waals surface area contributed by atoms with Gasteiger partial charge < -0.3 is 10.1 Å². The second kappa shape index (κ2) is 8.98. The SMILES string of the molecule is CCCCCC(NCC)c1cc(C)ccc1OCC. The first-order chi connectivity index (χ1) is 9.22. The summed E-state index contributed by atoms with van der Waals surface area (Å²) in [5, 5.41) is 3.60. The molecule has 0 amide bonds. The highest BCUT2D eigenvalue weighted by Gasteiger charge is 2.15. The topological polar surface area (TPSA) is 21.3 Å². The predicted octanol–water partition coefficient (Wildman–Crippen LogP) is 4.62. The molecule has 2 nitrogen and oxygen atoms in total. The lowest BCUT2D eigenvalue weighted by Gasteiger charge is -2.22. The number of nitrogens with one attached hydrogen (secondary N) is 1. The summed E-state index contributed by atoms with van der Waals surface area (Å²) in [6.45, 7) is 10.3. The minimum atomic E-state index is 0.415. The van der Waals surface area contributed by atoms with Crippen molar-refractivity contribution in [2.24, 2.45) is 0 Å². The highest BCUT2D eigenvalue weighted by Crippen LogP contribution is 2.30. The Bertz CT molecular complexity index is 362. The Morgan fingerprint density at radius 2 is 1.95 bits per heavy atom. The number of benzene rings is 1. The van der Waals surface area contributed by atoms with Crippen LogP contribution in [0.2, 0.25) is 0 Å². The van der Waals surface area contributed by atoms with Crippen molar-refractivity contribution >= 4 is 0 Å². The van der Waals surface area contributed by atoms with Crippen LogP contribution in [-0.2, 0) is 0 Å². The van der Waals surface area contributed by atoms with Crippen molar-refractivity contribution in [2.75, 3.05) is 13.2 Å². The fraction of sp³-hybridized carbons (Fsp3) is 0.647. The third-order valence-electron chi connectivity index (χ3n) is 3.39. The second-order valence-corrected chi connectivity index (χ2v) is 5.08. The van der Waals surface area contributed by atoms with Crippen LogP contribution in [0.4, 0.5) is 0 Å². The molecule has 0 aliphatic rings. The molecule has 19 heavy (non-hydrogen) atoms. The van der Waals surface area contributed by atoms with Crippen LogP contribution in [0.5, 0.6) is 5.75 Å². The quantitative estimate of drug-likeness (QED) is 0.656. The molecular formula is C17H29NO. The van der Waals surface area contributed by atoms with Crippen LogP contribution in [0.1, 0.15) is 63.6 Å². The van der Waals surface area contributed by atoms with E-state index in [1.54, 1.807) is 0 Å².